The highest BCUT2D eigenvalue weighted by molar-refractivity contribution is 5.84. The van der Waals surface area contributed by atoms with Gasteiger partial charge in [-0.05, 0) is 24.8 Å². The maximum atomic E-state index is 12.1. The number of nitrogens with two attached hydrogens (primary N) is 1. The lowest BCUT2D eigenvalue weighted by Gasteiger charge is -2.22. The Balaban J connectivity index is 1.87. The van der Waals surface area contributed by atoms with Crippen molar-refractivity contribution in [2.75, 3.05) is 6.54 Å². The van der Waals surface area contributed by atoms with E-state index in [1.807, 2.05) is 30.3 Å². The zero-order valence-corrected chi connectivity index (χ0v) is 11.4. The molecule has 20 heavy (non-hydrogen) atoms. The number of carboxylic acids is 1. The summed E-state index contributed by atoms with van der Waals surface area (Å²) in [4.78, 5) is 24.6. The average molecular weight is 276 g/mol. The van der Waals surface area contributed by atoms with Crippen LogP contribution in [0.4, 0.5) is 0 Å². The van der Waals surface area contributed by atoms with Gasteiger partial charge in [0.15, 0.2) is 0 Å². The lowest BCUT2D eigenvalue weighted by atomic mass is 10.0. The van der Waals surface area contributed by atoms with Gasteiger partial charge < -0.3 is 15.7 Å². The molecule has 1 amide bonds. The second-order valence-electron chi connectivity index (χ2n) is 5.14. The second-order valence-corrected chi connectivity index (χ2v) is 5.14. The number of carbonyl (C=O) groups is 2. The summed E-state index contributed by atoms with van der Waals surface area (Å²) >= 11 is 0. The van der Waals surface area contributed by atoms with Crippen LogP contribution in [0.3, 0.4) is 0 Å². The molecule has 0 bridgehead atoms. The van der Waals surface area contributed by atoms with Crippen molar-refractivity contribution in [3.8, 4) is 0 Å². The molecule has 1 aliphatic rings. The van der Waals surface area contributed by atoms with Gasteiger partial charge in [-0.2, -0.15) is 0 Å². The van der Waals surface area contributed by atoms with Crippen molar-refractivity contribution in [2.45, 2.75) is 37.8 Å². The Morgan fingerprint density at radius 1 is 1.35 bits per heavy atom. The van der Waals surface area contributed by atoms with Gasteiger partial charge in [0.1, 0.15) is 6.04 Å². The minimum atomic E-state index is -0.914. The molecule has 3 N–H and O–H groups in total. The van der Waals surface area contributed by atoms with Gasteiger partial charge in [0.25, 0.3) is 0 Å². The molecule has 1 unspecified atom stereocenters. The smallest absolute Gasteiger partial charge is 0.326 e. The van der Waals surface area contributed by atoms with Gasteiger partial charge in [0.2, 0.25) is 5.91 Å². The lowest BCUT2D eigenvalue weighted by Crippen LogP contribution is -2.40. The molecule has 2 atom stereocenters. The zero-order valence-electron chi connectivity index (χ0n) is 11.4. The van der Waals surface area contributed by atoms with Gasteiger partial charge in [-0.15, -0.1) is 0 Å². The van der Waals surface area contributed by atoms with E-state index in [1.165, 1.54) is 4.90 Å². The van der Waals surface area contributed by atoms with E-state index in [1.54, 1.807) is 0 Å². The zero-order chi connectivity index (χ0) is 14.5. The van der Waals surface area contributed by atoms with E-state index in [2.05, 4.69) is 0 Å². The number of likely N-dealkylation sites (tertiary alicyclic amines) is 1. The van der Waals surface area contributed by atoms with E-state index >= 15 is 0 Å². The number of carbonyl (C=O) groups excluding carboxylic acids is 1. The molecule has 1 aromatic rings. The van der Waals surface area contributed by atoms with E-state index in [-0.39, 0.29) is 11.9 Å². The summed E-state index contributed by atoms with van der Waals surface area (Å²) in [6.45, 7) is 0.538. The van der Waals surface area contributed by atoms with Crippen LogP contribution in [-0.2, 0) is 9.59 Å². The number of amides is 1. The predicted molar refractivity (Wildman–Crippen MR) is 75.0 cm³/mol. The summed E-state index contributed by atoms with van der Waals surface area (Å²) in [5.74, 6) is -1.02. The van der Waals surface area contributed by atoms with Crippen LogP contribution in [0, 0.1) is 0 Å². The Hall–Kier alpha value is -1.88. The monoisotopic (exact) mass is 276 g/mol. The van der Waals surface area contributed by atoms with E-state index in [0.29, 0.717) is 25.8 Å². The average Bonchev–Trinajstić information content (AvgIpc) is 2.95. The number of carboxylic acid groups (broad SMARTS) is 1. The summed E-state index contributed by atoms with van der Waals surface area (Å²) < 4.78 is 0. The molecular weight excluding hydrogens is 256 g/mol. The van der Waals surface area contributed by atoms with E-state index in [9.17, 15) is 9.59 Å². The molecule has 1 fully saturated rings. The Morgan fingerprint density at radius 3 is 2.70 bits per heavy atom. The highest BCUT2D eigenvalue weighted by atomic mass is 16.4. The Morgan fingerprint density at radius 2 is 2.05 bits per heavy atom. The van der Waals surface area contributed by atoms with Crippen molar-refractivity contribution < 1.29 is 14.7 Å². The first-order chi connectivity index (χ1) is 9.59. The van der Waals surface area contributed by atoms with Crippen LogP contribution in [0.25, 0.3) is 0 Å². The van der Waals surface area contributed by atoms with Gasteiger partial charge in [-0.25, -0.2) is 4.79 Å². The third-order valence-electron chi connectivity index (χ3n) is 3.76. The van der Waals surface area contributed by atoms with Crippen LogP contribution in [0.1, 0.15) is 37.3 Å². The van der Waals surface area contributed by atoms with Crippen LogP contribution in [-0.4, -0.2) is 34.5 Å². The van der Waals surface area contributed by atoms with Gasteiger partial charge in [-0.3, -0.25) is 4.79 Å². The van der Waals surface area contributed by atoms with Crippen LogP contribution in [0.15, 0.2) is 30.3 Å². The minimum absolute atomic E-state index is 0.110. The van der Waals surface area contributed by atoms with Gasteiger partial charge in [-0.1, -0.05) is 30.3 Å². The molecule has 1 heterocycles. The second kappa shape index (κ2) is 6.52. The number of hydrogen-bond acceptors (Lipinski definition) is 3. The maximum Gasteiger partial charge on any atom is 0.326 e. The maximum absolute atomic E-state index is 12.1. The number of hydrogen-bond donors (Lipinski definition) is 2. The first-order valence-corrected chi connectivity index (χ1v) is 6.92. The van der Waals surface area contributed by atoms with Crippen molar-refractivity contribution in [1.82, 2.24) is 4.90 Å². The molecule has 5 heteroatoms. The van der Waals surface area contributed by atoms with E-state index < -0.39 is 12.0 Å². The largest absolute Gasteiger partial charge is 0.480 e. The molecule has 0 spiro atoms. The highest BCUT2D eigenvalue weighted by Gasteiger charge is 2.33. The molecule has 1 aliphatic heterocycles. The molecule has 0 saturated carbocycles. The fourth-order valence-corrected chi connectivity index (χ4v) is 2.61. The SMILES string of the molecule is NC(CCC(=O)N1CCC[C@@H]1C(=O)O)c1ccccc1. The molecule has 0 aromatic heterocycles. The Bertz CT molecular complexity index is 475. The van der Waals surface area contributed by atoms with Crippen molar-refractivity contribution in [3.05, 3.63) is 35.9 Å². The molecule has 108 valence electrons. The molecule has 5 nitrogen and oxygen atoms in total. The van der Waals surface area contributed by atoms with E-state index in [0.717, 1.165) is 12.0 Å². The van der Waals surface area contributed by atoms with Crippen LogP contribution in [0.2, 0.25) is 0 Å². The Labute approximate surface area is 118 Å². The standard InChI is InChI=1S/C15H20N2O3/c16-12(11-5-2-1-3-6-11)8-9-14(18)17-10-4-7-13(17)15(19)20/h1-3,5-6,12-13H,4,7-10,16H2,(H,19,20)/t12?,13-/m1/s1. The third-order valence-corrected chi connectivity index (χ3v) is 3.76. The highest BCUT2D eigenvalue weighted by Crippen LogP contribution is 2.21. The molecule has 1 aromatic carbocycles. The minimum Gasteiger partial charge on any atom is -0.480 e. The normalized spacial score (nSPS) is 19.9. The first-order valence-electron chi connectivity index (χ1n) is 6.92. The fourth-order valence-electron chi connectivity index (χ4n) is 2.61. The summed E-state index contributed by atoms with van der Waals surface area (Å²) in [6.07, 6.45) is 2.13. The van der Waals surface area contributed by atoms with Gasteiger partial charge in [0.05, 0.1) is 0 Å². The van der Waals surface area contributed by atoms with Crippen molar-refractivity contribution in [3.63, 3.8) is 0 Å². The third kappa shape index (κ3) is 3.36. The van der Waals surface area contributed by atoms with Crippen molar-refractivity contribution >= 4 is 11.9 Å². The molecule has 1 saturated heterocycles. The number of aliphatic carboxylic acids is 1. The molecule has 2 rings (SSSR count). The van der Waals surface area contributed by atoms with Gasteiger partial charge in [0, 0.05) is 19.0 Å². The quantitative estimate of drug-likeness (QED) is 0.854. The first kappa shape index (κ1) is 14.5. The van der Waals surface area contributed by atoms with Gasteiger partial charge >= 0.3 is 5.97 Å². The molecule has 0 aliphatic carbocycles. The van der Waals surface area contributed by atoms with Crippen LogP contribution < -0.4 is 5.73 Å². The summed E-state index contributed by atoms with van der Waals surface area (Å²) in [6, 6.07) is 8.77. The molecule has 0 radical (unpaired) electrons. The molecular formula is C15H20N2O3. The lowest BCUT2D eigenvalue weighted by molar-refractivity contribution is -0.148. The topological polar surface area (TPSA) is 83.6 Å². The van der Waals surface area contributed by atoms with Crippen LogP contribution >= 0.6 is 0 Å². The number of rotatable bonds is 5. The predicted octanol–water partition coefficient (Wildman–Crippen LogP) is 1.54. The fraction of sp³-hybridized carbons (Fsp3) is 0.467. The number of nitrogens with zero attached hydrogens (tertiary/aromatic N) is 1. The Kier molecular flexibility index (Phi) is 4.74. The van der Waals surface area contributed by atoms with Crippen molar-refractivity contribution in [1.29, 1.82) is 0 Å². The van der Waals surface area contributed by atoms with E-state index in [4.69, 9.17) is 10.8 Å². The summed E-state index contributed by atoms with van der Waals surface area (Å²) in [5, 5.41) is 9.07. The van der Waals surface area contributed by atoms with Crippen molar-refractivity contribution in [2.24, 2.45) is 5.73 Å². The summed E-state index contributed by atoms with van der Waals surface area (Å²) in [7, 11) is 0. The van der Waals surface area contributed by atoms with Crippen LogP contribution in [0.5, 0.6) is 0 Å². The summed E-state index contributed by atoms with van der Waals surface area (Å²) in [5.41, 5.74) is 7.05. The number of benzene rings is 1.